The number of thioether (sulfide) groups is 1. The molecule has 0 aliphatic heterocycles. The second kappa shape index (κ2) is 10.7. The Hall–Kier alpha value is -4.05. The lowest BCUT2D eigenvalue weighted by Gasteiger charge is -2.10. The Kier molecular flexibility index (Phi) is 7.28. The maximum absolute atomic E-state index is 12.6. The minimum absolute atomic E-state index is 0.0978. The van der Waals surface area contributed by atoms with E-state index in [1.54, 1.807) is 67.8 Å². The van der Waals surface area contributed by atoms with Gasteiger partial charge in [-0.05, 0) is 54.6 Å². The summed E-state index contributed by atoms with van der Waals surface area (Å²) in [4.78, 5) is 24.2. The molecule has 34 heavy (non-hydrogen) atoms. The van der Waals surface area contributed by atoms with Crippen LogP contribution in [0.3, 0.4) is 0 Å². The van der Waals surface area contributed by atoms with Crippen molar-refractivity contribution in [2.24, 2.45) is 0 Å². The summed E-state index contributed by atoms with van der Waals surface area (Å²) in [6.07, 6.45) is 1.97. The molecule has 0 saturated carbocycles. The van der Waals surface area contributed by atoms with E-state index in [9.17, 15) is 14.7 Å². The lowest BCUT2D eigenvalue weighted by Crippen LogP contribution is -2.15. The summed E-state index contributed by atoms with van der Waals surface area (Å²) >= 11 is 1.25. The molecule has 0 spiro atoms. The number of aromatic nitrogens is 3. The van der Waals surface area contributed by atoms with E-state index in [1.165, 1.54) is 11.8 Å². The van der Waals surface area contributed by atoms with Crippen LogP contribution in [0.5, 0.6) is 5.75 Å². The first-order valence-corrected chi connectivity index (χ1v) is 11.6. The van der Waals surface area contributed by atoms with Crippen molar-refractivity contribution in [1.29, 1.82) is 0 Å². The van der Waals surface area contributed by atoms with E-state index in [1.807, 2.05) is 10.6 Å². The highest BCUT2D eigenvalue weighted by Gasteiger charge is 2.17. The summed E-state index contributed by atoms with van der Waals surface area (Å²) in [5.41, 5.74) is 1.98. The SMILES string of the molecule is CCC(=O)Nc1cccc(NC(=O)CSc2nnc(-c3ccc(O)cc3)n2Cc2ccco2)c1. The fraction of sp³-hybridized carbons (Fsp3) is 0.167. The molecule has 3 N–H and O–H groups in total. The second-order valence-electron chi connectivity index (χ2n) is 7.34. The van der Waals surface area contributed by atoms with Crippen molar-refractivity contribution in [3.63, 3.8) is 0 Å². The van der Waals surface area contributed by atoms with Crippen molar-refractivity contribution in [3.8, 4) is 17.1 Å². The number of nitrogens with zero attached hydrogens (tertiary/aromatic N) is 3. The topological polar surface area (TPSA) is 122 Å². The first-order valence-electron chi connectivity index (χ1n) is 10.6. The number of carbonyl (C=O) groups excluding carboxylic acids is 2. The Labute approximate surface area is 200 Å². The largest absolute Gasteiger partial charge is 0.508 e. The fourth-order valence-corrected chi connectivity index (χ4v) is 3.91. The highest BCUT2D eigenvalue weighted by Crippen LogP contribution is 2.27. The summed E-state index contributed by atoms with van der Waals surface area (Å²) in [5.74, 6) is 1.26. The number of amides is 2. The van der Waals surface area contributed by atoms with Gasteiger partial charge in [0.05, 0.1) is 18.6 Å². The van der Waals surface area contributed by atoms with Crippen molar-refractivity contribution < 1.29 is 19.1 Å². The number of benzene rings is 2. The lowest BCUT2D eigenvalue weighted by molar-refractivity contribution is -0.116. The number of phenolic OH excluding ortho intramolecular Hbond substituents is 1. The molecule has 0 unspecified atom stereocenters. The maximum atomic E-state index is 12.6. The van der Waals surface area contributed by atoms with E-state index in [-0.39, 0.29) is 23.3 Å². The number of aromatic hydroxyl groups is 1. The number of carbonyl (C=O) groups is 2. The monoisotopic (exact) mass is 477 g/mol. The van der Waals surface area contributed by atoms with E-state index in [0.717, 1.165) is 11.3 Å². The summed E-state index contributed by atoms with van der Waals surface area (Å²) in [7, 11) is 0. The second-order valence-corrected chi connectivity index (χ2v) is 8.28. The molecule has 0 bridgehead atoms. The van der Waals surface area contributed by atoms with Gasteiger partial charge in [-0.1, -0.05) is 24.8 Å². The van der Waals surface area contributed by atoms with E-state index in [0.29, 0.717) is 35.3 Å². The van der Waals surface area contributed by atoms with Crippen molar-refractivity contribution in [2.75, 3.05) is 16.4 Å². The third kappa shape index (κ3) is 5.84. The molecule has 2 amide bonds. The van der Waals surface area contributed by atoms with E-state index >= 15 is 0 Å². The molecule has 174 valence electrons. The Morgan fingerprint density at radius 1 is 1.00 bits per heavy atom. The van der Waals surface area contributed by atoms with Gasteiger partial charge in [-0.3, -0.25) is 14.2 Å². The zero-order valence-corrected chi connectivity index (χ0v) is 19.2. The van der Waals surface area contributed by atoms with Crippen LogP contribution < -0.4 is 10.6 Å². The summed E-state index contributed by atoms with van der Waals surface area (Å²) < 4.78 is 7.35. The van der Waals surface area contributed by atoms with Gasteiger partial charge in [0.15, 0.2) is 11.0 Å². The average Bonchev–Trinajstić information content (AvgIpc) is 3.49. The molecular formula is C24H23N5O4S. The highest BCUT2D eigenvalue weighted by atomic mass is 32.2. The number of rotatable bonds is 9. The molecule has 0 fully saturated rings. The predicted molar refractivity (Wildman–Crippen MR) is 130 cm³/mol. The van der Waals surface area contributed by atoms with E-state index < -0.39 is 0 Å². The number of furan rings is 1. The van der Waals surface area contributed by atoms with Crippen LogP contribution in [0.1, 0.15) is 19.1 Å². The quantitative estimate of drug-likeness (QED) is 0.306. The zero-order chi connectivity index (χ0) is 23.9. The van der Waals surface area contributed by atoms with Crippen LogP contribution in [0.15, 0.2) is 76.5 Å². The molecule has 4 aromatic rings. The number of phenols is 1. The molecule has 2 aromatic carbocycles. The van der Waals surface area contributed by atoms with Gasteiger partial charge in [-0.2, -0.15) is 0 Å². The first-order chi connectivity index (χ1) is 16.5. The highest BCUT2D eigenvalue weighted by molar-refractivity contribution is 7.99. The lowest BCUT2D eigenvalue weighted by atomic mass is 10.2. The molecule has 0 aliphatic rings. The summed E-state index contributed by atoms with van der Waals surface area (Å²) in [6, 6.07) is 17.3. The van der Waals surface area contributed by atoms with Crippen LogP contribution in [0.2, 0.25) is 0 Å². The van der Waals surface area contributed by atoms with Crippen molar-refractivity contribution >= 4 is 35.0 Å². The molecule has 0 aliphatic carbocycles. The van der Waals surface area contributed by atoms with Gasteiger partial charge in [0.25, 0.3) is 0 Å². The Bertz CT molecular complexity index is 1270. The van der Waals surface area contributed by atoms with Crippen molar-refractivity contribution in [3.05, 3.63) is 72.7 Å². The van der Waals surface area contributed by atoms with Gasteiger partial charge < -0.3 is 20.2 Å². The van der Waals surface area contributed by atoms with Gasteiger partial charge in [0, 0.05) is 23.4 Å². The van der Waals surface area contributed by atoms with Crippen LogP contribution in [0.25, 0.3) is 11.4 Å². The van der Waals surface area contributed by atoms with Crippen LogP contribution in [-0.2, 0) is 16.1 Å². The smallest absolute Gasteiger partial charge is 0.234 e. The minimum atomic E-state index is -0.220. The standard InChI is InChI=1S/C24H23N5O4S/c1-2-21(31)25-17-5-3-6-18(13-17)26-22(32)15-34-24-28-27-23(16-8-10-19(30)11-9-16)29(24)14-20-7-4-12-33-20/h3-13,30H,2,14-15H2,1H3,(H,25,31)(H,26,32). The predicted octanol–water partition coefficient (Wildman–Crippen LogP) is 4.37. The van der Waals surface area contributed by atoms with Gasteiger partial charge in [0.1, 0.15) is 11.5 Å². The summed E-state index contributed by atoms with van der Waals surface area (Å²) in [6.45, 7) is 2.16. The number of hydrogen-bond donors (Lipinski definition) is 3. The van der Waals surface area contributed by atoms with Gasteiger partial charge in [-0.25, -0.2) is 0 Å². The Morgan fingerprint density at radius 3 is 2.41 bits per heavy atom. The van der Waals surface area contributed by atoms with Gasteiger partial charge in [-0.15, -0.1) is 10.2 Å². The molecule has 0 saturated heterocycles. The Morgan fingerprint density at radius 2 is 1.74 bits per heavy atom. The summed E-state index contributed by atoms with van der Waals surface area (Å²) in [5, 5.41) is 24.3. The molecule has 2 aromatic heterocycles. The molecule has 2 heterocycles. The van der Waals surface area contributed by atoms with Crippen molar-refractivity contribution in [1.82, 2.24) is 14.8 Å². The Balaban J connectivity index is 1.47. The van der Waals surface area contributed by atoms with Gasteiger partial charge >= 0.3 is 0 Å². The maximum Gasteiger partial charge on any atom is 0.234 e. The minimum Gasteiger partial charge on any atom is -0.508 e. The first kappa shape index (κ1) is 23.1. The van der Waals surface area contributed by atoms with Gasteiger partial charge in [0.2, 0.25) is 11.8 Å². The molecular weight excluding hydrogens is 454 g/mol. The van der Waals surface area contributed by atoms with E-state index in [2.05, 4.69) is 20.8 Å². The van der Waals surface area contributed by atoms with Crippen LogP contribution in [0, 0.1) is 0 Å². The molecule has 0 radical (unpaired) electrons. The molecule has 9 nitrogen and oxygen atoms in total. The fourth-order valence-electron chi connectivity index (χ4n) is 3.17. The van der Waals surface area contributed by atoms with E-state index in [4.69, 9.17) is 4.42 Å². The van der Waals surface area contributed by atoms with Crippen LogP contribution in [-0.4, -0.2) is 37.4 Å². The molecule has 10 heteroatoms. The van der Waals surface area contributed by atoms with Crippen LogP contribution in [0.4, 0.5) is 11.4 Å². The van der Waals surface area contributed by atoms with Crippen LogP contribution >= 0.6 is 11.8 Å². The average molecular weight is 478 g/mol. The number of nitrogens with one attached hydrogen (secondary N) is 2. The zero-order valence-electron chi connectivity index (χ0n) is 18.4. The molecule has 0 atom stereocenters. The molecule has 4 rings (SSSR count). The number of anilines is 2. The third-order valence-corrected chi connectivity index (χ3v) is 5.79. The van der Waals surface area contributed by atoms with Crippen molar-refractivity contribution in [2.45, 2.75) is 25.0 Å². The number of hydrogen-bond acceptors (Lipinski definition) is 7. The normalized spacial score (nSPS) is 10.7. The third-order valence-electron chi connectivity index (χ3n) is 4.82.